The maximum Gasteiger partial charge on any atom is 0.123 e. The molecule has 2 heteroatoms. The average Bonchev–Trinajstić information content (AvgIpc) is 3.57. The highest BCUT2D eigenvalue weighted by atomic mass is 79.9. The highest BCUT2D eigenvalue weighted by Crippen LogP contribution is 2.57. The Morgan fingerprint density at radius 3 is 0.892 bits per heavy atom. The molecule has 0 N–H and O–H groups in total. The molecule has 0 radical (unpaired) electrons. The van der Waals surface area contributed by atoms with Gasteiger partial charge in [-0.1, -0.05) is 322 Å². The molecule has 1 aliphatic rings. The van der Waals surface area contributed by atoms with Gasteiger partial charge in [-0.2, -0.15) is 0 Å². The molecular formula is C63H100BrF. The average molecular weight is 956 g/mol. The van der Waals surface area contributed by atoms with Gasteiger partial charge in [-0.15, -0.1) is 0 Å². The molecule has 366 valence electrons. The lowest BCUT2D eigenvalue weighted by Crippen LogP contribution is -2.19. The van der Waals surface area contributed by atoms with Gasteiger partial charge < -0.3 is 0 Å². The Morgan fingerprint density at radius 1 is 0.338 bits per heavy atom. The lowest BCUT2D eigenvalue weighted by Gasteiger charge is -2.27. The second-order valence-electron chi connectivity index (χ2n) is 20.9. The fourth-order valence-corrected chi connectivity index (χ4v) is 11.8. The SMILES string of the molecule is CCCCCCCCCCCCCCCCCCCCCCc1ccc2c(c1)C(Br)(c1cccc(F)c1)c1cc(CCCCCCCCCCCCCCCCCCCCCC)ccc1-2. The maximum atomic E-state index is 14.8. The first kappa shape index (κ1) is 55.7. The number of hydrogen-bond acceptors (Lipinski definition) is 0. The molecule has 4 rings (SSSR count). The van der Waals surface area contributed by atoms with Crippen LogP contribution >= 0.6 is 15.9 Å². The molecule has 0 fully saturated rings. The molecule has 0 heterocycles. The summed E-state index contributed by atoms with van der Waals surface area (Å²) < 4.78 is 14.3. The molecule has 0 atom stereocenters. The van der Waals surface area contributed by atoms with E-state index in [1.807, 2.05) is 6.07 Å². The Kier molecular flexibility index (Phi) is 30.9. The number of halogens is 2. The van der Waals surface area contributed by atoms with Crippen molar-refractivity contribution in [2.75, 3.05) is 0 Å². The molecule has 65 heavy (non-hydrogen) atoms. The predicted octanol–water partition coefficient (Wildman–Crippen LogP) is 22.2. The first-order valence-corrected chi connectivity index (χ1v) is 29.6. The molecule has 0 spiro atoms. The zero-order chi connectivity index (χ0) is 45.9. The van der Waals surface area contributed by atoms with Crippen LogP contribution in [0.25, 0.3) is 11.1 Å². The van der Waals surface area contributed by atoms with E-state index in [4.69, 9.17) is 0 Å². The van der Waals surface area contributed by atoms with Crippen molar-refractivity contribution in [3.05, 3.63) is 94.3 Å². The van der Waals surface area contributed by atoms with Crippen LogP contribution < -0.4 is 0 Å². The quantitative estimate of drug-likeness (QED) is 0.0392. The summed E-state index contributed by atoms with van der Waals surface area (Å²) in [5, 5.41) is 0. The van der Waals surface area contributed by atoms with E-state index in [9.17, 15) is 4.39 Å². The Labute approximate surface area is 411 Å². The molecule has 0 saturated carbocycles. The summed E-state index contributed by atoms with van der Waals surface area (Å²) >= 11 is 4.31. The van der Waals surface area contributed by atoms with E-state index in [-0.39, 0.29) is 5.82 Å². The van der Waals surface area contributed by atoms with Crippen LogP contribution in [0, 0.1) is 5.82 Å². The number of hydrogen-bond donors (Lipinski definition) is 0. The standard InChI is InChI=1S/C63H100BrF/c1-3-5-7-9-11-13-15-17-19-21-23-25-27-29-31-33-35-37-39-41-44-55-48-50-59-60-51-49-56(53-62(60)63(64,61(59)52-55)57-46-43-47-58(65)54-57)45-42-40-38-36-34-32-30-28-26-24-22-20-18-16-14-12-10-8-6-4-2/h43,46-54H,3-42,44-45H2,1-2H3. The molecule has 0 unspecified atom stereocenters. The van der Waals surface area contributed by atoms with Crippen molar-refractivity contribution in [1.29, 1.82) is 0 Å². The van der Waals surface area contributed by atoms with Crippen molar-refractivity contribution in [2.45, 2.75) is 288 Å². The minimum atomic E-state index is -0.535. The first-order chi connectivity index (χ1) is 32.1. The van der Waals surface area contributed by atoms with E-state index < -0.39 is 4.32 Å². The molecule has 1 aliphatic carbocycles. The summed E-state index contributed by atoms with van der Waals surface area (Å²) in [5.41, 5.74) is 8.94. The lowest BCUT2D eigenvalue weighted by molar-refractivity contribution is 0.521. The molecule has 0 aromatic heterocycles. The molecule has 0 bridgehead atoms. The van der Waals surface area contributed by atoms with Crippen LogP contribution in [-0.4, -0.2) is 0 Å². The van der Waals surface area contributed by atoms with E-state index in [0.29, 0.717) is 0 Å². The highest BCUT2D eigenvalue weighted by Gasteiger charge is 2.43. The van der Waals surface area contributed by atoms with Crippen LogP contribution in [0.1, 0.15) is 298 Å². The van der Waals surface area contributed by atoms with Crippen molar-refractivity contribution in [3.8, 4) is 11.1 Å². The Bertz CT molecular complexity index is 1510. The summed E-state index contributed by atoms with van der Waals surface area (Å²) in [6, 6.07) is 21.6. The van der Waals surface area contributed by atoms with Gasteiger partial charge in [0.15, 0.2) is 0 Å². The van der Waals surface area contributed by atoms with Crippen LogP contribution in [0.15, 0.2) is 60.7 Å². The van der Waals surface area contributed by atoms with E-state index >= 15 is 0 Å². The van der Waals surface area contributed by atoms with Crippen molar-refractivity contribution in [1.82, 2.24) is 0 Å². The Balaban J connectivity index is 1.07. The normalized spacial score (nSPS) is 12.9. The first-order valence-electron chi connectivity index (χ1n) is 28.8. The van der Waals surface area contributed by atoms with E-state index in [2.05, 4.69) is 72.2 Å². The van der Waals surface area contributed by atoms with Gasteiger partial charge in [-0.3, -0.25) is 0 Å². The summed E-state index contributed by atoms with van der Waals surface area (Å²) in [5.74, 6) is -0.169. The van der Waals surface area contributed by atoms with Crippen molar-refractivity contribution >= 4 is 15.9 Å². The van der Waals surface area contributed by atoms with Gasteiger partial charge >= 0.3 is 0 Å². The lowest BCUT2D eigenvalue weighted by atomic mass is 9.87. The number of rotatable bonds is 43. The van der Waals surface area contributed by atoms with Gasteiger partial charge in [0, 0.05) is 0 Å². The van der Waals surface area contributed by atoms with Gasteiger partial charge in [0.2, 0.25) is 0 Å². The minimum Gasteiger partial charge on any atom is -0.207 e. The van der Waals surface area contributed by atoms with Crippen LogP contribution in [0.5, 0.6) is 0 Å². The zero-order valence-corrected chi connectivity index (χ0v) is 44.3. The second kappa shape index (κ2) is 36.1. The largest absolute Gasteiger partial charge is 0.207 e. The number of alkyl halides is 1. The Morgan fingerprint density at radius 2 is 0.615 bits per heavy atom. The summed E-state index contributed by atoms with van der Waals surface area (Å²) in [7, 11) is 0. The number of benzene rings is 3. The number of aryl methyl sites for hydroxylation is 2. The van der Waals surface area contributed by atoms with Crippen LogP contribution in [-0.2, 0) is 17.2 Å². The highest BCUT2D eigenvalue weighted by molar-refractivity contribution is 9.10. The molecular weight excluding hydrogens is 856 g/mol. The van der Waals surface area contributed by atoms with Crippen LogP contribution in [0.3, 0.4) is 0 Å². The molecule has 0 aliphatic heterocycles. The number of fused-ring (bicyclic) bond motifs is 3. The van der Waals surface area contributed by atoms with Gasteiger partial charge in [0.1, 0.15) is 10.1 Å². The third-order valence-corrected chi connectivity index (χ3v) is 16.4. The van der Waals surface area contributed by atoms with Crippen molar-refractivity contribution in [2.24, 2.45) is 0 Å². The third-order valence-electron chi connectivity index (χ3n) is 15.1. The minimum absolute atomic E-state index is 0.169. The summed E-state index contributed by atoms with van der Waals surface area (Å²) in [4.78, 5) is 0. The fourth-order valence-electron chi connectivity index (χ4n) is 10.9. The van der Waals surface area contributed by atoms with Gasteiger partial charge in [0.25, 0.3) is 0 Å². The van der Waals surface area contributed by atoms with Crippen LogP contribution in [0.2, 0.25) is 0 Å². The summed E-state index contributed by atoms with van der Waals surface area (Å²) in [6.07, 6.45) is 58.8. The predicted molar refractivity (Wildman–Crippen MR) is 291 cm³/mol. The van der Waals surface area contributed by atoms with E-state index in [1.165, 1.54) is 290 Å². The molecule has 0 amide bonds. The molecule has 3 aromatic carbocycles. The fraction of sp³-hybridized carbons (Fsp3) is 0.714. The second-order valence-corrected chi connectivity index (χ2v) is 22.1. The van der Waals surface area contributed by atoms with E-state index in [1.54, 1.807) is 12.1 Å². The van der Waals surface area contributed by atoms with Gasteiger partial charge in [-0.05, 0) is 76.8 Å². The molecule has 3 aromatic rings. The van der Waals surface area contributed by atoms with E-state index in [0.717, 1.165) is 18.4 Å². The molecule has 0 nitrogen and oxygen atoms in total. The van der Waals surface area contributed by atoms with Gasteiger partial charge in [0.05, 0.1) is 0 Å². The number of unbranched alkanes of at least 4 members (excludes halogenated alkanes) is 38. The van der Waals surface area contributed by atoms with Gasteiger partial charge in [-0.25, -0.2) is 4.39 Å². The third kappa shape index (κ3) is 22.4. The maximum absolute atomic E-state index is 14.8. The van der Waals surface area contributed by atoms with Crippen LogP contribution in [0.4, 0.5) is 4.39 Å². The topological polar surface area (TPSA) is 0 Å². The Hall–Kier alpha value is -1.93. The van der Waals surface area contributed by atoms with Crippen molar-refractivity contribution in [3.63, 3.8) is 0 Å². The smallest absolute Gasteiger partial charge is 0.123 e. The summed E-state index contributed by atoms with van der Waals surface area (Å²) in [6.45, 7) is 4.61. The zero-order valence-electron chi connectivity index (χ0n) is 42.7. The van der Waals surface area contributed by atoms with Crippen molar-refractivity contribution < 1.29 is 4.39 Å². The monoisotopic (exact) mass is 955 g/mol. The molecule has 0 saturated heterocycles.